The third-order valence-corrected chi connectivity index (χ3v) is 2.76. The maximum absolute atomic E-state index is 11.1. The quantitative estimate of drug-likeness (QED) is 0.708. The fourth-order valence-electron chi connectivity index (χ4n) is 1.84. The lowest BCUT2D eigenvalue weighted by atomic mass is 10.1. The summed E-state index contributed by atoms with van der Waals surface area (Å²) in [6.45, 7) is 5.39. The number of nitrogens with two attached hydrogens (primary N) is 1. The van der Waals surface area contributed by atoms with Crippen LogP contribution in [-0.4, -0.2) is 10.5 Å². The number of aromatic nitrogens is 1. The highest BCUT2D eigenvalue weighted by atomic mass is 16.1. The summed E-state index contributed by atoms with van der Waals surface area (Å²) >= 11 is 0. The van der Waals surface area contributed by atoms with E-state index in [2.05, 4.69) is 13.8 Å². The molecule has 0 aliphatic carbocycles. The minimum atomic E-state index is -0.341. The monoisotopic (exact) mass is 222 g/mol. The van der Waals surface area contributed by atoms with Crippen LogP contribution in [0.4, 0.5) is 0 Å². The highest BCUT2D eigenvalue weighted by Gasteiger charge is 2.05. The SMILES string of the molecule is CC(C)CCCCCn1cccc1C(N)=O. The molecular weight excluding hydrogens is 200 g/mol. The minimum Gasteiger partial charge on any atom is -0.364 e. The topological polar surface area (TPSA) is 48.0 Å². The Bertz CT molecular complexity index is 328. The van der Waals surface area contributed by atoms with Crippen molar-refractivity contribution in [2.45, 2.75) is 46.1 Å². The summed E-state index contributed by atoms with van der Waals surface area (Å²) in [4.78, 5) is 11.1. The molecule has 0 spiro atoms. The molecule has 0 aromatic carbocycles. The molecule has 16 heavy (non-hydrogen) atoms. The molecule has 1 heterocycles. The van der Waals surface area contributed by atoms with Crippen molar-refractivity contribution in [1.82, 2.24) is 4.57 Å². The summed E-state index contributed by atoms with van der Waals surface area (Å²) in [5, 5.41) is 0. The summed E-state index contributed by atoms with van der Waals surface area (Å²) < 4.78 is 1.94. The predicted octanol–water partition coefficient (Wildman–Crippen LogP) is 2.80. The van der Waals surface area contributed by atoms with Gasteiger partial charge in [-0.1, -0.05) is 33.1 Å². The number of rotatable bonds is 7. The zero-order valence-electron chi connectivity index (χ0n) is 10.3. The first kappa shape index (κ1) is 12.8. The molecule has 2 N–H and O–H groups in total. The first-order valence-electron chi connectivity index (χ1n) is 6.06. The van der Waals surface area contributed by atoms with Gasteiger partial charge in [0, 0.05) is 12.7 Å². The van der Waals surface area contributed by atoms with Gasteiger partial charge in [0.1, 0.15) is 5.69 Å². The maximum atomic E-state index is 11.1. The van der Waals surface area contributed by atoms with E-state index in [0.29, 0.717) is 5.69 Å². The maximum Gasteiger partial charge on any atom is 0.265 e. The molecule has 0 unspecified atom stereocenters. The van der Waals surface area contributed by atoms with Crippen LogP contribution >= 0.6 is 0 Å². The smallest absolute Gasteiger partial charge is 0.265 e. The molecule has 0 saturated heterocycles. The first-order chi connectivity index (χ1) is 7.61. The fourth-order valence-corrected chi connectivity index (χ4v) is 1.84. The molecule has 1 rings (SSSR count). The van der Waals surface area contributed by atoms with Crippen molar-refractivity contribution in [2.24, 2.45) is 11.7 Å². The summed E-state index contributed by atoms with van der Waals surface area (Å²) in [6, 6.07) is 3.64. The van der Waals surface area contributed by atoms with E-state index in [-0.39, 0.29) is 5.91 Å². The zero-order valence-corrected chi connectivity index (χ0v) is 10.3. The highest BCUT2D eigenvalue weighted by Crippen LogP contribution is 2.10. The molecule has 0 radical (unpaired) electrons. The van der Waals surface area contributed by atoms with E-state index in [4.69, 9.17) is 5.73 Å². The Morgan fingerprint density at radius 2 is 2.12 bits per heavy atom. The summed E-state index contributed by atoms with van der Waals surface area (Å²) in [5.41, 5.74) is 5.88. The Morgan fingerprint density at radius 1 is 1.38 bits per heavy atom. The fraction of sp³-hybridized carbons (Fsp3) is 0.615. The molecule has 3 heteroatoms. The Labute approximate surface area is 97.6 Å². The van der Waals surface area contributed by atoms with Gasteiger partial charge in [-0.2, -0.15) is 0 Å². The van der Waals surface area contributed by atoms with E-state index in [1.165, 1.54) is 19.3 Å². The van der Waals surface area contributed by atoms with Crippen molar-refractivity contribution in [1.29, 1.82) is 0 Å². The number of aryl methyl sites for hydroxylation is 1. The van der Waals surface area contributed by atoms with Gasteiger partial charge in [0.05, 0.1) is 0 Å². The van der Waals surface area contributed by atoms with Crippen molar-refractivity contribution >= 4 is 5.91 Å². The van der Waals surface area contributed by atoms with Crippen molar-refractivity contribution in [3.8, 4) is 0 Å². The number of hydrogen-bond donors (Lipinski definition) is 1. The van der Waals surface area contributed by atoms with Crippen molar-refractivity contribution in [3.63, 3.8) is 0 Å². The third kappa shape index (κ3) is 4.09. The molecular formula is C13H22N2O. The number of unbranched alkanes of at least 4 members (excludes halogenated alkanes) is 2. The molecule has 0 aliphatic heterocycles. The lowest BCUT2D eigenvalue weighted by Crippen LogP contribution is -2.16. The second-order valence-electron chi connectivity index (χ2n) is 4.69. The number of primary amides is 1. The van der Waals surface area contributed by atoms with Crippen LogP contribution in [0.5, 0.6) is 0 Å². The normalized spacial score (nSPS) is 10.9. The van der Waals surface area contributed by atoms with Crippen LogP contribution in [0.25, 0.3) is 0 Å². The first-order valence-corrected chi connectivity index (χ1v) is 6.06. The Balaban J connectivity index is 2.27. The Hall–Kier alpha value is -1.25. The number of amides is 1. The van der Waals surface area contributed by atoms with Crippen LogP contribution < -0.4 is 5.73 Å². The molecule has 1 aromatic rings. The summed E-state index contributed by atoms with van der Waals surface area (Å²) in [7, 11) is 0. The molecule has 0 aliphatic rings. The van der Waals surface area contributed by atoms with Crippen LogP contribution in [0.1, 0.15) is 50.0 Å². The molecule has 90 valence electrons. The molecule has 0 atom stereocenters. The second kappa shape index (κ2) is 6.36. The molecule has 0 saturated carbocycles. The van der Waals surface area contributed by atoms with Gasteiger partial charge in [-0.05, 0) is 24.5 Å². The van der Waals surface area contributed by atoms with Gasteiger partial charge in [-0.15, -0.1) is 0 Å². The zero-order chi connectivity index (χ0) is 12.0. The van der Waals surface area contributed by atoms with Crippen LogP contribution in [0.15, 0.2) is 18.3 Å². The lowest BCUT2D eigenvalue weighted by molar-refractivity contribution is 0.0991. The third-order valence-electron chi connectivity index (χ3n) is 2.76. The second-order valence-corrected chi connectivity index (χ2v) is 4.69. The molecule has 1 aromatic heterocycles. The predicted molar refractivity (Wildman–Crippen MR) is 66.3 cm³/mol. The van der Waals surface area contributed by atoms with E-state index in [1.807, 2.05) is 16.8 Å². The number of carbonyl (C=O) groups excluding carboxylic acids is 1. The lowest BCUT2D eigenvalue weighted by Gasteiger charge is -2.07. The van der Waals surface area contributed by atoms with Gasteiger partial charge in [-0.3, -0.25) is 4.79 Å². The average Bonchev–Trinajstić information content (AvgIpc) is 2.65. The summed E-state index contributed by atoms with van der Waals surface area (Å²) in [6.07, 6.45) is 6.80. The van der Waals surface area contributed by atoms with Crippen LogP contribution in [0.3, 0.4) is 0 Å². The van der Waals surface area contributed by atoms with E-state index >= 15 is 0 Å². The largest absolute Gasteiger partial charge is 0.364 e. The van der Waals surface area contributed by atoms with Gasteiger partial charge < -0.3 is 10.3 Å². The van der Waals surface area contributed by atoms with Gasteiger partial charge in [0.15, 0.2) is 0 Å². The Morgan fingerprint density at radius 3 is 2.75 bits per heavy atom. The number of hydrogen-bond acceptors (Lipinski definition) is 1. The van der Waals surface area contributed by atoms with E-state index in [1.54, 1.807) is 6.07 Å². The average molecular weight is 222 g/mol. The standard InChI is InChI=1S/C13H22N2O/c1-11(2)7-4-3-5-9-15-10-6-8-12(15)13(14)16/h6,8,10-11H,3-5,7,9H2,1-2H3,(H2,14,16). The number of nitrogens with zero attached hydrogens (tertiary/aromatic N) is 1. The Kier molecular flexibility index (Phi) is 5.09. The van der Waals surface area contributed by atoms with Crippen LogP contribution in [0.2, 0.25) is 0 Å². The van der Waals surface area contributed by atoms with Crippen molar-refractivity contribution in [2.75, 3.05) is 0 Å². The van der Waals surface area contributed by atoms with E-state index in [0.717, 1.165) is 18.9 Å². The molecule has 3 nitrogen and oxygen atoms in total. The van der Waals surface area contributed by atoms with Gasteiger partial charge in [0.2, 0.25) is 0 Å². The van der Waals surface area contributed by atoms with Crippen LogP contribution in [0, 0.1) is 5.92 Å². The van der Waals surface area contributed by atoms with Crippen molar-refractivity contribution < 1.29 is 4.79 Å². The minimum absolute atomic E-state index is 0.341. The number of carbonyl (C=O) groups is 1. The van der Waals surface area contributed by atoms with Gasteiger partial charge in [0.25, 0.3) is 5.91 Å². The van der Waals surface area contributed by atoms with Crippen LogP contribution in [-0.2, 0) is 6.54 Å². The van der Waals surface area contributed by atoms with Crippen molar-refractivity contribution in [3.05, 3.63) is 24.0 Å². The molecule has 0 fully saturated rings. The summed E-state index contributed by atoms with van der Waals surface area (Å²) in [5.74, 6) is 0.444. The van der Waals surface area contributed by atoms with Gasteiger partial charge in [-0.25, -0.2) is 0 Å². The highest BCUT2D eigenvalue weighted by molar-refractivity contribution is 5.91. The van der Waals surface area contributed by atoms with E-state index < -0.39 is 0 Å². The molecule has 1 amide bonds. The van der Waals surface area contributed by atoms with Gasteiger partial charge >= 0.3 is 0 Å². The molecule has 0 bridgehead atoms. The van der Waals surface area contributed by atoms with E-state index in [9.17, 15) is 4.79 Å².